The van der Waals surface area contributed by atoms with Crippen LogP contribution in [-0.4, -0.2) is 35.5 Å². The van der Waals surface area contributed by atoms with Gasteiger partial charge in [-0.2, -0.15) is 5.26 Å². The summed E-state index contributed by atoms with van der Waals surface area (Å²) in [6.07, 6.45) is 0. The molecular weight excluding hydrogens is 134 g/mol. The predicted octanol–water partition coefficient (Wildman–Crippen LogP) is -0.529. The smallest absolute Gasteiger partial charge is 0.216 e. The lowest BCUT2D eigenvalue weighted by atomic mass is 10.5. The van der Waals surface area contributed by atoms with Crippen LogP contribution < -0.4 is 0 Å². The molecule has 10 heavy (non-hydrogen) atoms. The van der Waals surface area contributed by atoms with Crippen LogP contribution in [0, 0.1) is 21.4 Å². The molecule has 2 atom stereocenters. The maximum atomic E-state index is 9.82. The Morgan fingerprint density at radius 3 is 3.00 bits per heavy atom. The summed E-state index contributed by atoms with van der Waals surface area (Å²) < 4.78 is 0. The van der Waals surface area contributed by atoms with Crippen LogP contribution in [0.3, 0.4) is 0 Å². The molecule has 0 aromatic heterocycles. The van der Waals surface area contributed by atoms with Crippen LogP contribution in [0.2, 0.25) is 0 Å². The summed E-state index contributed by atoms with van der Waals surface area (Å²) in [5.41, 5.74) is 0. The first kappa shape index (κ1) is 6.96. The summed E-state index contributed by atoms with van der Waals surface area (Å²) in [4.78, 5) is 11.2. The highest BCUT2D eigenvalue weighted by molar-refractivity contribution is 5.05. The van der Waals surface area contributed by atoms with Gasteiger partial charge in [-0.05, 0) is 0 Å². The second-order valence-electron chi connectivity index (χ2n) is 2.20. The topological polar surface area (TPSA) is 69.9 Å². The van der Waals surface area contributed by atoms with E-state index in [4.69, 9.17) is 5.26 Å². The molecule has 54 valence electrons. The Kier molecular flexibility index (Phi) is 1.83. The summed E-state index contributed by atoms with van der Waals surface area (Å²) in [6.45, 7) is 1.05. The maximum absolute atomic E-state index is 9.82. The van der Waals surface area contributed by atoms with E-state index in [1.807, 2.05) is 6.07 Å². The third-order valence-corrected chi connectivity index (χ3v) is 1.43. The molecule has 5 nitrogen and oxygen atoms in total. The highest BCUT2D eigenvalue weighted by Crippen LogP contribution is 2.13. The minimum atomic E-state index is -0.368. The van der Waals surface area contributed by atoms with Crippen molar-refractivity contribution in [2.75, 3.05) is 19.6 Å². The number of nitrogens with zero attached hydrogens (tertiary/aromatic N) is 3. The van der Waals surface area contributed by atoms with Crippen molar-refractivity contribution >= 4 is 0 Å². The van der Waals surface area contributed by atoms with Crippen LogP contribution in [0.25, 0.3) is 0 Å². The summed E-state index contributed by atoms with van der Waals surface area (Å²) >= 11 is 0. The first-order valence-electron chi connectivity index (χ1n) is 2.99. The molecule has 1 aliphatic heterocycles. The Bertz CT molecular complexity index is 186. The fourth-order valence-corrected chi connectivity index (χ4v) is 0.755. The molecule has 1 fully saturated rings. The Balaban J connectivity index is 2.08. The van der Waals surface area contributed by atoms with Gasteiger partial charge in [-0.15, -0.1) is 0 Å². The van der Waals surface area contributed by atoms with Crippen molar-refractivity contribution < 1.29 is 4.92 Å². The average Bonchev–Trinajstić information content (AvgIpc) is 2.61. The molecule has 5 heteroatoms. The molecule has 1 heterocycles. The Labute approximate surface area is 58.0 Å². The summed E-state index contributed by atoms with van der Waals surface area (Å²) in [5, 5.41) is 18.1. The van der Waals surface area contributed by atoms with E-state index in [0.717, 1.165) is 0 Å². The van der Waals surface area contributed by atoms with Gasteiger partial charge in [-0.25, -0.2) is 0 Å². The fourth-order valence-electron chi connectivity index (χ4n) is 0.755. The largest absolute Gasteiger partial charge is 0.278 e. The molecule has 0 amide bonds. The van der Waals surface area contributed by atoms with E-state index in [0.29, 0.717) is 13.1 Å². The van der Waals surface area contributed by atoms with Gasteiger partial charge in [0.05, 0.1) is 12.6 Å². The predicted molar refractivity (Wildman–Crippen MR) is 32.8 cm³/mol. The minimum absolute atomic E-state index is 0.0556. The summed E-state index contributed by atoms with van der Waals surface area (Å²) in [5.74, 6) is 0. The van der Waals surface area contributed by atoms with Crippen molar-refractivity contribution in [1.82, 2.24) is 4.90 Å². The third-order valence-electron chi connectivity index (χ3n) is 1.43. The van der Waals surface area contributed by atoms with Crippen LogP contribution >= 0.6 is 0 Å². The van der Waals surface area contributed by atoms with E-state index in [9.17, 15) is 10.1 Å². The van der Waals surface area contributed by atoms with Gasteiger partial charge >= 0.3 is 0 Å². The minimum Gasteiger partial charge on any atom is -0.278 e. The first-order valence-corrected chi connectivity index (χ1v) is 2.99. The molecule has 0 bridgehead atoms. The second-order valence-corrected chi connectivity index (χ2v) is 2.20. The molecule has 0 N–H and O–H groups in total. The fraction of sp³-hybridized carbons (Fsp3) is 0.800. The SMILES string of the molecule is N#CC1CN1CC[N+](=O)[O-]. The van der Waals surface area contributed by atoms with Crippen LogP contribution in [0.1, 0.15) is 0 Å². The highest BCUT2D eigenvalue weighted by Gasteiger charge is 2.34. The van der Waals surface area contributed by atoms with Crippen LogP contribution in [0.4, 0.5) is 0 Å². The number of nitro groups is 1. The van der Waals surface area contributed by atoms with Crippen LogP contribution in [0.15, 0.2) is 0 Å². The van der Waals surface area contributed by atoms with E-state index >= 15 is 0 Å². The molecule has 0 spiro atoms. The number of nitriles is 1. The van der Waals surface area contributed by atoms with Gasteiger partial charge in [0.25, 0.3) is 0 Å². The highest BCUT2D eigenvalue weighted by atomic mass is 16.6. The summed E-state index contributed by atoms with van der Waals surface area (Å²) in [7, 11) is 0. The zero-order valence-corrected chi connectivity index (χ0v) is 5.36. The molecule has 0 aromatic carbocycles. The zero-order chi connectivity index (χ0) is 7.56. The molecule has 1 saturated heterocycles. The molecule has 0 aliphatic carbocycles. The second kappa shape index (κ2) is 2.62. The van der Waals surface area contributed by atoms with Crippen molar-refractivity contribution in [3.63, 3.8) is 0 Å². The monoisotopic (exact) mass is 141 g/mol. The lowest BCUT2D eigenvalue weighted by molar-refractivity contribution is -0.479. The van der Waals surface area contributed by atoms with Gasteiger partial charge in [0.1, 0.15) is 6.04 Å². The molecular formula is C5H7N3O2. The maximum Gasteiger partial charge on any atom is 0.216 e. The lowest BCUT2D eigenvalue weighted by Gasteiger charge is -1.92. The van der Waals surface area contributed by atoms with Crippen molar-refractivity contribution in [3.05, 3.63) is 10.1 Å². The molecule has 0 radical (unpaired) electrons. The van der Waals surface area contributed by atoms with E-state index in [1.165, 1.54) is 0 Å². The van der Waals surface area contributed by atoms with Gasteiger partial charge in [-0.1, -0.05) is 0 Å². The van der Waals surface area contributed by atoms with Gasteiger partial charge < -0.3 is 0 Å². The van der Waals surface area contributed by atoms with Gasteiger partial charge in [0, 0.05) is 11.5 Å². The van der Waals surface area contributed by atoms with E-state index in [-0.39, 0.29) is 17.5 Å². The van der Waals surface area contributed by atoms with Gasteiger partial charge in [-0.3, -0.25) is 15.0 Å². The van der Waals surface area contributed by atoms with Crippen LogP contribution in [-0.2, 0) is 0 Å². The van der Waals surface area contributed by atoms with Crippen molar-refractivity contribution in [3.8, 4) is 6.07 Å². The van der Waals surface area contributed by atoms with Gasteiger partial charge in [0.15, 0.2) is 0 Å². The third kappa shape index (κ3) is 1.67. The molecule has 1 rings (SSSR count). The normalized spacial score (nSPS) is 29.1. The number of hydrogen-bond acceptors (Lipinski definition) is 4. The van der Waals surface area contributed by atoms with Crippen molar-refractivity contribution in [2.24, 2.45) is 0 Å². The average molecular weight is 141 g/mol. The number of hydrogen-bond donors (Lipinski definition) is 0. The number of rotatable bonds is 3. The molecule has 1 aliphatic rings. The van der Waals surface area contributed by atoms with Crippen LogP contribution in [0.5, 0.6) is 0 Å². The molecule has 0 aromatic rings. The van der Waals surface area contributed by atoms with Crippen molar-refractivity contribution in [2.45, 2.75) is 6.04 Å². The zero-order valence-electron chi connectivity index (χ0n) is 5.36. The molecule has 2 unspecified atom stereocenters. The quantitative estimate of drug-likeness (QED) is 0.301. The summed E-state index contributed by atoms with van der Waals surface area (Å²) in [6, 6.07) is 1.96. The molecule has 0 saturated carbocycles. The Hall–Kier alpha value is -1.15. The van der Waals surface area contributed by atoms with E-state index in [1.54, 1.807) is 4.90 Å². The van der Waals surface area contributed by atoms with E-state index < -0.39 is 0 Å². The Morgan fingerprint density at radius 2 is 2.60 bits per heavy atom. The van der Waals surface area contributed by atoms with Gasteiger partial charge in [0.2, 0.25) is 6.54 Å². The van der Waals surface area contributed by atoms with Crippen molar-refractivity contribution in [1.29, 1.82) is 5.26 Å². The Morgan fingerprint density at radius 1 is 1.90 bits per heavy atom. The standard InChI is InChI=1S/C5H7N3O2/c6-3-5-4-7(5)1-2-8(9)10/h5H,1-2,4H2. The lowest BCUT2D eigenvalue weighted by Crippen LogP contribution is -2.13. The van der Waals surface area contributed by atoms with E-state index in [2.05, 4.69) is 0 Å². The first-order chi connectivity index (χ1) is 4.74.